The summed E-state index contributed by atoms with van der Waals surface area (Å²) in [5.74, 6) is 0. The van der Waals surface area contributed by atoms with Gasteiger partial charge in [0.25, 0.3) is 0 Å². The second kappa shape index (κ2) is 23.6. The van der Waals surface area contributed by atoms with E-state index in [0.717, 1.165) is 12.8 Å². The fraction of sp³-hybridized carbons (Fsp3) is 1.00. The van der Waals surface area contributed by atoms with Crippen LogP contribution in [0.1, 0.15) is 19.8 Å². The fourth-order valence-corrected chi connectivity index (χ4v) is 0.158. The molecule has 0 amide bonds. The van der Waals surface area contributed by atoms with Crippen molar-refractivity contribution in [2.75, 3.05) is 6.61 Å². The Morgan fingerprint density at radius 2 is 1.62 bits per heavy atom. The van der Waals surface area contributed by atoms with Crippen molar-refractivity contribution in [3.63, 3.8) is 0 Å². The molecular formula is C4H10Br2OV. The van der Waals surface area contributed by atoms with Gasteiger partial charge in [-0.05, 0) is 6.42 Å². The van der Waals surface area contributed by atoms with Gasteiger partial charge in [-0.25, -0.2) is 0 Å². The Morgan fingerprint density at radius 1 is 1.25 bits per heavy atom. The fourth-order valence-electron chi connectivity index (χ4n) is 0.158. The van der Waals surface area contributed by atoms with E-state index in [-0.39, 0.29) is 52.5 Å². The van der Waals surface area contributed by atoms with Gasteiger partial charge >= 0.3 is 18.6 Å². The van der Waals surface area contributed by atoms with E-state index < -0.39 is 0 Å². The van der Waals surface area contributed by atoms with E-state index in [1.165, 1.54) is 0 Å². The van der Waals surface area contributed by atoms with Crippen LogP contribution in [0.3, 0.4) is 0 Å². The average molecular weight is 285 g/mol. The first-order chi connectivity index (χ1) is 2.41. The third kappa shape index (κ3) is 25.9. The van der Waals surface area contributed by atoms with Crippen molar-refractivity contribution in [2.45, 2.75) is 19.8 Å². The second-order valence-electron chi connectivity index (χ2n) is 1.08. The zero-order valence-corrected chi connectivity index (χ0v) is 9.34. The maximum Gasteiger partial charge on any atom is 2.00 e. The van der Waals surface area contributed by atoms with Gasteiger partial charge in [0.05, 0.1) is 0 Å². The number of hydrogen-bond donors (Lipinski definition) is 1. The van der Waals surface area contributed by atoms with Crippen molar-refractivity contribution in [3.05, 3.63) is 0 Å². The smallest absolute Gasteiger partial charge is 1.00 e. The zero-order valence-electron chi connectivity index (χ0n) is 4.77. The molecule has 0 aliphatic carbocycles. The average Bonchev–Trinajstić information content (AvgIpc) is 1.41. The summed E-state index contributed by atoms with van der Waals surface area (Å²) in [6.07, 6.45) is 2.04. The van der Waals surface area contributed by atoms with E-state index in [1.807, 2.05) is 0 Å². The predicted molar refractivity (Wildman–Crippen MR) is 22.0 cm³/mol. The number of halogens is 2. The Kier molecular flexibility index (Phi) is 66.9. The van der Waals surface area contributed by atoms with Crippen LogP contribution in [-0.4, -0.2) is 11.7 Å². The summed E-state index contributed by atoms with van der Waals surface area (Å²) < 4.78 is 0. The SMILES string of the molecule is CCCCO.[Br-].[Br-].[V+2]. The Bertz CT molecular complexity index is 21.5. The van der Waals surface area contributed by atoms with Crippen LogP contribution in [0.25, 0.3) is 0 Å². The topological polar surface area (TPSA) is 20.2 Å². The molecule has 4 heteroatoms. The summed E-state index contributed by atoms with van der Waals surface area (Å²) in [4.78, 5) is 0. The molecule has 0 aromatic heterocycles. The first-order valence-electron chi connectivity index (χ1n) is 2.02. The Labute approximate surface area is 83.7 Å². The molecular weight excluding hydrogens is 275 g/mol. The minimum absolute atomic E-state index is 0. The molecule has 0 aromatic rings. The monoisotopic (exact) mass is 283 g/mol. The van der Waals surface area contributed by atoms with E-state index in [1.54, 1.807) is 0 Å². The van der Waals surface area contributed by atoms with E-state index in [9.17, 15) is 0 Å². The number of aliphatic hydroxyl groups is 1. The minimum atomic E-state index is 0. The van der Waals surface area contributed by atoms with Crippen molar-refractivity contribution < 1.29 is 57.6 Å². The molecule has 0 unspecified atom stereocenters. The normalized spacial score (nSPS) is 5.25. The van der Waals surface area contributed by atoms with Crippen LogP contribution in [0.4, 0.5) is 0 Å². The molecule has 0 spiro atoms. The second-order valence-corrected chi connectivity index (χ2v) is 1.08. The van der Waals surface area contributed by atoms with E-state index in [4.69, 9.17) is 5.11 Å². The van der Waals surface area contributed by atoms with Crippen molar-refractivity contribution in [2.24, 2.45) is 0 Å². The van der Waals surface area contributed by atoms with Crippen molar-refractivity contribution in [1.82, 2.24) is 0 Å². The summed E-state index contributed by atoms with van der Waals surface area (Å²) in [5.41, 5.74) is 0. The molecule has 51 valence electrons. The molecule has 8 heavy (non-hydrogen) atoms. The number of hydrogen-bond acceptors (Lipinski definition) is 1. The van der Waals surface area contributed by atoms with Gasteiger partial charge in [0, 0.05) is 6.61 Å². The largest absolute Gasteiger partial charge is 2.00 e. The van der Waals surface area contributed by atoms with E-state index in [0.29, 0.717) is 6.61 Å². The van der Waals surface area contributed by atoms with Gasteiger partial charge in [-0.15, -0.1) is 0 Å². The van der Waals surface area contributed by atoms with Gasteiger partial charge in [0.2, 0.25) is 0 Å². The number of aliphatic hydroxyl groups excluding tert-OH is 1. The number of unbranched alkanes of at least 4 members (excludes halogenated alkanes) is 1. The molecule has 0 bridgehead atoms. The quantitative estimate of drug-likeness (QED) is 0.538. The molecule has 0 saturated carbocycles. The summed E-state index contributed by atoms with van der Waals surface area (Å²) in [6.45, 7) is 2.40. The molecule has 0 aromatic carbocycles. The molecule has 1 nitrogen and oxygen atoms in total. The molecule has 0 heterocycles. The van der Waals surface area contributed by atoms with Gasteiger partial charge in [0.15, 0.2) is 0 Å². The van der Waals surface area contributed by atoms with Gasteiger partial charge in [-0.3, -0.25) is 0 Å². The summed E-state index contributed by atoms with van der Waals surface area (Å²) in [5, 5.41) is 8.07. The van der Waals surface area contributed by atoms with E-state index in [2.05, 4.69) is 6.92 Å². The van der Waals surface area contributed by atoms with E-state index >= 15 is 0 Å². The Balaban J connectivity index is -0.0000000267. The van der Waals surface area contributed by atoms with Crippen LogP contribution < -0.4 is 34.0 Å². The maximum absolute atomic E-state index is 8.07. The van der Waals surface area contributed by atoms with Gasteiger partial charge in [-0.1, -0.05) is 13.3 Å². The molecule has 1 radical (unpaired) electrons. The molecule has 0 aliphatic rings. The zero-order chi connectivity index (χ0) is 4.12. The van der Waals surface area contributed by atoms with Crippen molar-refractivity contribution in [1.29, 1.82) is 0 Å². The van der Waals surface area contributed by atoms with Gasteiger partial charge in [0.1, 0.15) is 0 Å². The van der Waals surface area contributed by atoms with Crippen LogP contribution in [0, 0.1) is 0 Å². The third-order valence-electron chi connectivity index (χ3n) is 0.512. The molecule has 0 saturated heterocycles. The standard InChI is InChI=1S/C4H10O.2BrH.V/c1-2-3-4-5;;;/h5H,2-4H2,1H3;2*1H;/q;;;+2/p-2. The third-order valence-corrected chi connectivity index (χ3v) is 0.512. The maximum atomic E-state index is 8.07. The Morgan fingerprint density at radius 3 is 1.62 bits per heavy atom. The number of rotatable bonds is 2. The molecule has 0 atom stereocenters. The van der Waals surface area contributed by atoms with Crippen LogP contribution in [0.15, 0.2) is 0 Å². The molecule has 0 aliphatic heterocycles. The van der Waals surface area contributed by atoms with Crippen LogP contribution in [0.5, 0.6) is 0 Å². The first kappa shape index (κ1) is 22.7. The minimum Gasteiger partial charge on any atom is -1.00 e. The van der Waals surface area contributed by atoms with Crippen molar-refractivity contribution >= 4 is 0 Å². The van der Waals surface area contributed by atoms with Crippen LogP contribution in [0.2, 0.25) is 0 Å². The van der Waals surface area contributed by atoms with Crippen LogP contribution >= 0.6 is 0 Å². The summed E-state index contributed by atoms with van der Waals surface area (Å²) >= 11 is 0. The molecule has 0 rings (SSSR count). The summed E-state index contributed by atoms with van der Waals surface area (Å²) in [6, 6.07) is 0. The molecule has 0 fully saturated rings. The van der Waals surface area contributed by atoms with Crippen LogP contribution in [-0.2, 0) is 18.6 Å². The predicted octanol–water partition coefficient (Wildman–Crippen LogP) is -5.22. The van der Waals surface area contributed by atoms with Gasteiger partial charge < -0.3 is 39.1 Å². The Hall–Kier alpha value is 1.50. The first-order valence-corrected chi connectivity index (χ1v) is 2.02. The van der Waals surface area contributed by atoms with Gasteiger partial charge in [-0.2, -0.15) is 0 Å². The molecule has 1 N–H and O–H groups in total. The summed E-state index contributed by atoms with van der Waals surface area (Å²) in [7, 11) is 0. The van der Waals surface area contributed by atoms with Crippen molar-refractivity contribution in [3.8, 4) is 0 Å².